The normalized spacial score (nSPS) is 18.1. The fraction of sp³-hybridized carbons (Fsp3) is 0.286. The number of carbonyl (C=O) groups excluding carboxylic acids is 1. The zero-order chi connectivity index (χ0) is 24.2. The summed E-state index contributed by atoms with van der Waals surface area (Å²) in [4.78, 5) is 20.6. The second kappa shape index (κ2) is 10.3. The van der Waals surface area contributed by atoms with Gasteiger partial charge >= 0.3 is 6.03 Å². The van der Waals surface area contributed by atoms with Gasteiger partial charge in [-0.1, -0.05) is 66.7 Å². The van der Waals surface area contributed by atoms with Crippen molar-refractivity contribution in [2.75, 3.05) is 38.7 Å². The first kappa shape index (κ1) is 23.1. The summed E-state index contributed by atoms with van der Waals surface area (Å²) in [6, 6.07) is 24.1. The first-order chi connectivity index (χ1) is 17.1. The maximum Gasteiger partial charge on any atom is 0.320 e. The van der Waals surface area contributed by atoms with Crippen LogP contribution in [0.3, 0.4) is 0 Å². The Labute approximate surface area is 205 Å². The van der Waals surface area contributed by atoms with Crippen molar-refractivity contribution >= 4 is 17.5 Å². The number of fused-ring (bicyclic) bond motifs is 1. The van der Waals surface area contributed by atoms with Gasteiger partial charge in [0.15, 0.2) is 0 Å². The lowest BCUT2D eigenvalue weighted by Crippen LogP contribution is -2.42. The van der Waals surface area contributed by atoms with Crippen LogP contribution in [-0.4, -0.2) is 59.7 Å². The van der Waals surface area contributed by atoms with E-state index in [1.54, 1.807) is 7.11 Å². The van der Waals surface area contributed by atoms with Crippen LogP contribution in [0.5, 0.6) is 0 Å². The van der Waals surface area contributed by atoms with E-state index in [4.69, 9.17) is 9.72 Å². The number of pyridine rings is 1. The fourth-order valence-electron chi connectivity index (χ4n) is 4.91. The summed E-state index contributed by atoms with van der Waals surface area (Å²) in [5.74, 6) is 0.870. The Morgan fingerprint density at radius 2 is 1.77 bits per heavy atom. The number of imidazole rings is 1. The molecule has 1 aliphatic heterocycles. The molecule has 5 rings (SSSR count). The lowest BCUT2D eigenvalue weighted by molar-refractivity contribution is 0.159. The fourth-order valence-corrected chi connectivity index (χ4v) is 4.91. The SMILES string of the molecule is COCCN1C[C@H](NC(=O)Nc2c(-c3ccccc3)nc3c(C)cccn23)[C@@H](c2ccccc2)C1. The molecule has 7 heteroatoms. The Hall–Kier alpha value is -3.68. The van der Waals surface area contributed by atoms with Crippen molar-refractivity contribution in [3.63, 3.8) is 0 Å². The molecule has 35 heavy (non-hydrogen) atoms. The lowest BCUT2D eigenvalue weighted by atomic mass is 9.94. The van der Waals surface area contributed by atoms with E-state index in [-0.39, 0.29) is 18.0 Å². The minimum absolute atomic E-state index is 0.0182. The van der Waals surface area contributed by atoms with Gasteiger partial charge in [-0.05, 0) is 24.1 Å². The van der Waals surface area contributed by atoms with Gasteiger partial charge in [-0.15, -0.1) is 0 Å². The second-order valence-corrected chi connectivity index (χ2v) is 9.03. The summed E-state index contributed by atoms with van der Waals surface area (Å²) >= 11 is 0. The lowest BCUT2D eigenvalue weighted by Gasteiger charge is -2.21. The molecule has 1 saturated heterocycles. The van der Waals surface area contributed by atoms with Crippen LogP contribution in [0.4, 0.5) is 10.6 Å². The van der Waals surface area contributed by atoms with Gasteiger partial charge in [-0.2, -0.15) is 0 Å². The van der Waals surface area contributed by atoms with E-state index in [0.29, 0.717) is 12.4 Å². The Balaban J connectivity index is 1.41. The Kier molecular flexibility index (Phi) is 6.79. The topological polar surface area (TPSA) is 70.9 Å². The number of hydrogen-bond donors (Lipinski definition) is 2. The van der Waals surface area contributed by atoms with Gasteiger partial charge in [0.25, 0.3) is 0 Å². The average Bonchev–Trinajstić information content (AvgIpc) is 3.46. The number of aryl methyl sites for hydroxylation is 1. The zero-order valence-electron chi connectivity index (χ0n) is 20.1. The quantitative estimate of drug-likeness (QED) is 0.417. The number of hydrogen-bond acceptors (Lipinski definition) is 4. The third-order valence-corrected chi connectivity index (χ3v) is 6.68. The van der Waals surface area contributed by atoms with Crippen molar-refractivity contribution < 1.29 is 9.53 Å². The first-order valence-electron chi connectivity index (χ1n) is 12.0. The van der Waals surface area contributed by atoms with Crippen molar-refractivity contribution in [1.82, 2.24) is 19.6 Å². The van der Waals surface area contributed by atoms with Gasteiger partial charge in [-0.25, -0.2) is 9.78 Å². The summed E-state index contributed by atoms with van der Waals surface area (Å²) in [6.45, 7) is 5.18. The van der Waals surface area contributed by atoms with Crippen molar-refractivity contribution in [3.8, 4) is 11.3 Å². The Morgan fingerprint density at radius 3 is 2.51 bits per heavy atom. The average molecular weight is 470 g/mol. The van der Waals surface area contributed by atoms with Gasteiger partial charge < -0.3 is 10.1 Å². The molecule has 0 saturated carbocycles. The molecule has 2 atom stereocenters. The molecule has 0 spiro atoms. The first-order valence-corrected chi connectivity index (χ1v) is 12.0. The summed E-state index contributed by atoms with van der Waals surface area (Å²) in [5, 5.41) is 6.38. The second-order valence-electron chi connectivity index (χ2n) is 9.03. The van der Waals surface area contributed by atoms with E-state index in [1.807, 2.05) is 66.1 Å². The van der Waals surface area contributed by atoms with E-state index < -0.39 is 0 Å². The molecule has 7 nitrogen and oxygen atoms in total. The molecule has 2 N–H and O–H groups in total. The van der Waals surface area contributed by atoms with Crippen LogP contribution in [-0.2, 0) is 4.74 Å². The highest BCUT2D eigenvalue weighted by atomic mass is 16.5. The maximum atomic E-state index is 13.4. The molecule has 3 heterocycles. The van der Waals surface area contributed by atoms with E-state index in [0.717, 1.165) is 42.1 Å². The van der Waals surface area contributed by atoms with E-state index in [2.05, 4.69) is 39.8 Å². The minimum Gasteiger partial charge on any atom is -0.383 e. The maximum absolute atomic E-state index is 13.4. The van der Waals surface area contributed by atoms with Crippen LogP contribution in [0, 0.1) is 6.92 Å². The van der Waals surface area contributed by atoms with Crippen LogP contribution in [0.15, 0.2) is 79.0 Å². The predicted molar refractivity (Wildman–Crippen MR) is 139 cm³/mol. The van der Waals surface area contributed by atoms with Gasteiger partial charge in [0.05, 0.1) is 12.6 Å². The molecule has 1 aliphatic rings. The highest BCUT2D eigenvalue weighted by Gasteiger charge is 2.34. The molecule has 4 aromatic rings. The summed E-state index contributed by atoms with van der Waals surface area (Å²) in [7, 11) is 1.72. The molecule has 180 valence electrons. The molecule has 0 unspecified atom stereocenters. The molecule has 0 aliphatic carbocycles. The zero-order valence-corrected chi connectivity index (χ0v) is 20.1. The van der Waals surface area contributed by atoms with Gasteiger partial charge in [-0.3, -0.25) is 14.6 Å². The van der Waals surface area contributed by atoms with E-state index in [1.165, 1.54) is 5.56 Å². The number of aromatic nitrogens is 2. The number of nitrogens with one attached hydrogen (secondary N) is 2. The van der Waals surface area contributed by atoms with Crippen molar-refractivity contribution in [1.29, 1.82) is 0 Å². The van der Waals surface area contributed by atoms with E-state index >= 15 is 0 Å². The van der Waals surface area contributed by atoms with Crippen LogP contribution in [0.25, 0.3) is 16.9 Å². The van der Waals surface area contributed by atoms with Gasteiger partial charge in [0.2, 0.25) is 0 Å². The Morgan fingerprint density at radius 1 is 1.03 bits per heavy atom. The van der Waals surface area contributed by atoms with Gasteiger partial charge in [0, 0.05) is 44.4 Å². The molecule has 0 bridgehead atoms. The number of carbonyl (C=O) groups is 1. The summed E-state index contributed by atoms with van der Waals surface area (Å²) in [6.07, 6.45) is 1.94. The number of likely N-dealkylation sites (tertiary alicyclic amines) is 1. The number of rotatable bonds is 7. The summed E-state index contributed by atoms with van der Waals surface area (Å²) < 4.78 is 7.24. The Bertz CT molecular complexity index is 1290. The predicted octanol–water partition coefficient (Wildman–Crippen LogP) is 4.55. The molecular formula is C28H31N5O2. The highest BCUT2D eigenvalue weighted by Crippen LogP contribution is 2.31. The molecule has 2 aromatic carbocycles. The van der Waals surface area contributed by atoms with Crippen LogP contribution in [0.2, 0.25) is 0 Å². The van der Waals surface area contributed by atoms with Crippen LogP contribution in [0.1, 0.15) is 17.0 Å². The number of benzene rings is 2. The number of anilines is 1. The number of urea groups is 1. The number of amides is 2. The molecule has 0 radical (unpaired) electrons. The van der Waals surface area contributed by atoms with Crippen molar-refractivity contribution in [2.45, 2.75) is 18.9 Å². The van der Waals surface area contributed by atoms with Crippen LogP contribution >= 0.6 is 0 Å². The monoisotopic (exact) mass is 469 g/mol. The van der Waals surface area contributed by atoms with Crippen LogP contribution < -0.4 is 10.6 Å². The van der Waals surface area contributed by atoms with E-state index in [9.17, 15) is 4.79 Å². The highest BCUT2D eigenvalue weighted by molar-refractivity contribution is 5.94. The standard InChI is InChI=1S/C28H31N5O2/c1-20-10-9-15-33-26(20)30-25(22-13-7-4-8-14-22)27(33)31-28(34)29-24-19-32(16-17-35-2)18-23(24)21-11-5-3-6-12-21/h3-15,23-24H,16-19H2,1-2H3,(H2,29,31,34)/t23-,24+/m1/s1. The molecule has 1 fully saturated rings. The van der Waals surface area contributed by atoms with Gasteiger partial charge in [0.1, 0.15) is 17.2 Å². The smallest absolute Gasteiger partial charge is 0.320 e. The third kappa shape index (κ3) is 4.92. The molecule has 2 amide bonds. The van der Waals surface area contributed by atoms with Crippen molar-refractivity contribution in [2.24, 2.45) is 0 Å². The minimum atomic E-state index is -0.231. The molecular weight excluding hydrogens is 438 g/mol. The summed E-state index contributed by atoms with van der Waals surface area (Å²) in [5.41, 5.74) is 4.82. The third-order valence-electron chi connectivity index (χ3n) is 6.68. The van der Waals surface area contributed by atoms with Crippen molar-refractivity contribution in [3.05, 3.63) is 90.1 Å². The largest absolute Gasteiger partial charge is 0.383 e. The number of ether oxygens (including phenoxy) is 1. The number of nitrogens with zero attached hydrogens (tertiary/aromatic N) is 3. The molecule has 2 aromatic heterocycles. The number of methoxy groups -OCH3 is 1.